The van der Waals surface area contributed by atoms with Crippen molar-refractivity contribution in [2.24, 2.45) is 0 Å². The van der Waals surface area contributed by atoms with Crippen LogP contribution in [0.1, 0.15) is 55.9 Å². The van der Waals surface area contributed by atoms with Crippen LogP contribution in [-0.4, -0.2) is 23.4 Å². The van der Waals surface area contributed by atoms with Crippen molar-refractivity contribution < 1.29 is 9.84 Å². The number of hydrogen-bond donors (Lipinski definition) is 1. The third-order valence-corrected chi connectivity index (χ3v) is 0.544. The fourth-order valence-corrected chi connectivity index (χ4v) is 0.544. The third-order valence-electron chi connectivity index (χ3n) is 0.544. The largest absolute Gasteiger partial charge is 0.394 e. The van der Waals surface area contributed by atoms with Crippen LogP contribution in [0.25, 0.3) is 0 Å². The Balaban J connectivity index is -0.0000000654. The number of aliphatic hydroxyl groups excluding tert-OH is 1. The zero-order valence-electron chi connectivity index (χ0n) is 10.9. The molecule has 2 nitrogen and oxygen atoms in total. The van der Waals surface area contributed by atoms with Gasteiger partial charge >= 0.3 is 0 Å². The minimum absolute atomic E-state index is 0. The predicted molar refractivity (Wildman–Crippen MR) is 71.3 cm³/mol. The fraction of sp³-hybridized carbons (Fsp3) is 0.846. The van der Waals surface area contributed by atoms with Gasteiger partial charge in [-0.3, -0.25) is 0 Å². The Bertz CT molecular complexity index is 88.0. The molecule has 0 rings (SSSR count). The van der Waals surface area contributed by atoms with E-state index in [1.165, 1.54) is 0 Å². The molecule has 0 radical (unpaired) electrons. The summed E-state index contributed by atoms with van der Waals surface area (Å²) in [5.74, 6) is 0. The van der Waals surface area contributed by atoms with E-state index >= 15 is 0 Å². The van der Waals surface area contributed by atoms with E-state index in [9.17, 15) is 0 Å². The Morgan fingerprint density at radius 2 is 1.13 bits per heavy atom. The van der Waals surface area contributed by atoms with Crippen molar-refractivity contribution in [3.8, 4) is 0 Å². The average molecular weight is 220 g/mol. The lowest BCUT2D eigenvalue weighted by Gasteiger charge is -2.09. The lowest BCUT2D eigenvalue weighted by molar-refractivity contribution is 0.0300. The first-order chi connectivity index (χ1) is 6.27. The van der Waals surface area contributed by atoms with Crippen molar-refractivity contribution in [3.63, 3.8) is 0 Å². The molecule has 0 amide bonds. The van der Waals surface area contributed by atoms with Crippen molar-refractivity contribution in [3.05, 3.63) is 12.7 Å². The molecule has 0 atom stereocenters. The maximum atomic E-state index is 8.06. The van der Waals surface area contributed by atoms with Gasteiger partial charge in [-0.05, 0) is 48.5 Å². The van der Waals surface area contributed by atoms with Crippen LogP contribution in [0.4, 0.5) is 0 Å². The molecule has 0 aliphatic heterocycles. The first-order valence-electron chi connectivity index (χ1n) is 5.18. The normalized spacial score (nSPS) is 8.47. The van der Waals surface area contributed by atoms with Gasteiger partial charge in [0.2, 0.25) is 0 Å². The Morgan fingerprint density at radius 1 is 1.00 bits per heavy atom. The number of ether oxygens (including phenoxy) is 1. The molecule has 0 aliphatic carbocycles. The van der Waals surface area contributed by atoms with Crippen LogP contribution in [0.3, 0.4) is 0 Å². The van der Waals surface area contributed by atoms with Gasteiger partial charge in [-0.2, -0.15) is 0 Å². The highest BCUT2D eigenvalue weighted by Crippen LogP contribution is 1.93. The van der Waals surface area contributed by atoms with Crippen LogP contribution in [0.15, 0.2) is 12.7 Å². The quantitative estimate of drug-likeness (QED) is 0.712. The summed E-state index contributed by atoms with van der Waals surface area (Å²) in [5.41, 5.74) is 0. The number of rotatable bonds is 2. The lowest BCUT2D eigenvalue weighted by atomic mass is 10.4. The van der Waals surface area contributed by atoms with Crippen LogP contribution in [0.2, 0.25) is 0 Å². The summed E-state index contributed by atoms with van der Waals surface area (Å²) in [6.45, 7) is 16.9. The Kier molecular flexibility index (Phi) is 30.9. The van der Waals surface area contributed by atoms with Gasteiger partial charge in [0.05, 0.1) is 12.2 Å². The molecule has 96 valence electrons. The standard InChI is InChI=1S/C6H14O.C3H8O.C3H6.CH4/c1-5(2)7-6(3)4;1-3(2)4;1-3-2;/h5-6H,1-4H3;3-4H,1-2H3;3H,1H2,2H3;1H4. The highest BCUT2D eigenvalue weighted by molar-refractivity contribution is 4.51. The van der Waals surface area contributed by atoms with Gasteiger partial charge in [0, 0.05) is 6.10 Å². The second kappa shape index (κ2) is 19.3. The Morgan fingerprint density at radius 3 is 1.13 bits per heavy atom. The van der Waals surface area contributed by atoms with Gasteiger partial charge in [-0.1, -0.05) is 13.5 Å². The van der Waals surface area contributed by atoms with Crippen molar-refractivity contribution in [2.75, 3.05) is 0 Å². The maximum Gasteiger partial charge on any atom is 0.0522 e. The van der Waals surface area contributed by atoms with Crippen LogP contribution in [0.5, 0.6) is 0 Å². The van der Waals surface area contributed by atoms with E-state index in [0.717, 1.165) is 0 Å². The van der Waals surface area contributed by atoms with Gasteiger partial charge < -0.3 is 9.84 Å². The third kappa shape index (κ3) is 139. The van der Waals surface area contributed by atoms with Crippen molar-refractivity contribution in [1.82, 2.24) is 0 Å². The summed E-state index contributed by atoms with van der Waals surface area (Å²) < 4.78 is 5.25. The molecule has 0 aliphatic rings. The highest BCUT2D eigenvalue weighted by Gasteiger charge is 1.94. The predicted octanol–water partition coefficient (Wildman–Crippen LogP) is 4.04. The molecule has 0 fully saturated rings. The molecular weight excluding hydrogens is 188 g/mol. The molecular formula is C13H32O2. The second-order valence-electron chi connectivity index (χ2n) is 3.74. The summed E-state index contributed by atoms with van der Waals surface area (Å²) in [6.07, 6.45) is 2.33. The number of allylic oxidation sites excluding steroid dienone is 1. The summed E-state index contributed by atoms with van der Waals surface area (Å²) in [4.78, 5) is 0. The van der Waals surface area contributed by atoms with E-state index in [1.54, 1.807) is 19.9 Å². The smallest absolute Gasteiger partial charge is 0.0522 e. The highest BCUT2D eigenvalue weighted by atomic mass is 16.5. The zero-order chi connectivity index (χ0) is 12.1. The first kappa shape index (κ1) is 24.1. The molecule has 1 N–H and O–H groups in total. The Labute approximate surface area is 97.4 Å². The maximum absolute atomic E-state index is 8.06. The molecule has 0 aromatic heterocycles. The summed E-state index contributed by atoms with van der Waals surface area (Å²) in [6, 6.07) is 0. The lowest BCUT2D eigenvalue weighted by Crippen LogP contribution is -2.09. The van der Waals surface area contributed by atoms with Gasteiger partial charge in [0.15, 0.2) is 0 Å². The van der Waals surface area contributed by atoms with E-state index in [4.69, 9.17) is 9.84 Å². The van der Waals surface area contributed by atoms with Crippen LogP contribution >= 0.6 is 0 Å². The fourth-order valence-electron chi connectivity index (χ4n) is 0.544. The molecule has 0 bridgehead atoms. The minimum atomic E-state index is -0.167. The Hall–Kier alpha value is -0.340. The monoisotopic (exact) mass is 220 g/mol. The second-order valence-corrected chi connectivity index (χ2v) is 3.74. The zero-order valence-corrected chi connectivity index (χ0v) is 10.9. The molecule has 0 aromatic carbocycles. The average Bonchev–Trinajstić information content (AvgIpc) is 1.82. The molecule has 2 heteroatoms. The molecule has 0 unspecified atom stereocenters. The van der Waals surface area contributed by atoms with Crippen molar-refractivity contribution in [1.29, 1.82) is 0 Å². The summed E-state index contributed by atoms with van der Waals surface area (Å²) in [5, 5.41) is 8.06. The molecule has 0 spiro atoms. The minimum Gasteiger partial charge on any atom is -0.394 e. The van der Waals surface area contributed by atoms with Crippen molar-refractivity contribution in [2.45, 2.75) is 74.2 Å². The van der Waals surface area contributed by atoms with E-state index in [1.807, 2.05) is 34.6 Å². The summed E-state index contributed by atoms with van der Waals surface area (Å²) in [7, 11) is 0. The van der Waals surface area contributed by atoms with E-state index in [0.29, 0.717) is 12.2 Å². The first-order valence-corrected chi connectivity index (χ1v) is 5.18. The van der Waals surface area contributed by atoms with E-state index < -0.39 is 0 Å². The van der Waals surface area contributed by atoms with Gasteiger partial charge in [-0.15, -0.1) is 6.58 Å². The van der Waals surface area contributed by atoms with E-state index in [-0.39, 0.29) is 13.5 Å². The van der Waals surface area contributed by atoms with Crippen LogP contribution in [-0.2, 0) is 4.74 Å². The molecule has 0 heterocycles. The SMILES string of the molecule is C.C=CC.CC(C)O.CC(C)OC(C)C. The summed E-state index contributed by atoms with van der Waals surface area (Å²) >= 11 is 0. The van der Waals surface area contributed by atoms with Crippen LogP contribution < -0.4 is 0 Å². The molecule has 0 saturated heterocycles. The topological polar surface area (TPSA) is 29.5 Å². The molecule has 0 aromatic rings. The van der Waals surface area contributed by atoms with Crippen LogP contribution in [0, 0.1) is 0 Å². The number of aliphatic hydroxyl groups is 1. The number of hydrogen-bond acceptors (Lipinski definition) is 2. The molecule has 15 heavy (non-hydrogen) atoms. The molecule has 0 saturated carbocycles. The van der Waals surface area contributed by atoms with Gasteiger partial charge in [0.1, 0.15) is 0 Å². The van der Waals surface area contributed by atoms with E-state index in [2.05, 4.69) is 6.58 Å². The van der Waals surface area contributed by atoms with Gasteiger partial charge in [0.25, 0.3) is 0 Å². The van der Waals surface area contributed by atoms with Gasteiger partial charge in [-0.25, -0.2) is 0 Å². The van der Waals surface area contributed by atoms with Crippen molar-refractivity contribution >= 4 is 0 Å².